The van der Waals surface area contributed by atoms with E-state index in [0.29, 0.717) is 13.1 Å². The third-order valence-electron chi connectivity index (χ3n) is 4.49. The van der Waals surface area contributed by atoms with E-state index in [2.05, 4.69) is 46.4 Å². The van der Waals surface area contributed by atoms with Crippen molar-refractivity contribution in [2.45, 2.75) is 38.3 Å². The highest BCUT2D eigenvalue weighted by atomic mass is 16.3. The Bertz CT molecular complexity index is 581. The molecule has 5 heteroatoms. The van der Waals surface area contributed by atoms with Crippen LogP contribution >= 0.6 is 0 Å². The summed E-state index contributed by atoms with van der Waals surface area (Å²) in [6, 6.07) is 8.85. The number of aromatic nitrogens is 3. The topological polar surface area (TPSA) is 54.2 Å². The molecule has 1 unspecified atom stereocenters. The SMILES string of the molecule is CCc1ccc(CCN2CCC(O)(Cn3ccnn3)C2)cc1. The Hall–Kier alpha value is -1.72. The van der Waals surface area contributed by atoms with Crippen LogP contribution in [0.5, 0.6) is 0 Å². The van der Waals surface area contributed by atoms with Crippen LogP contribution in [0.1, 0.15) is 24.5 Å². The molecular weight excluding hydrogens is 276 g/mol. The van der Waals surface area contributed by atoms with Crippen molar-refractivity contribution in [2.75, 3.05) is 19.6 Å². The number of likely N-dealkylation sites (tertiary alicyclic amines) is 1. The highest BCUT2D eigenvalue weighted by molar-refractivity contribution is 5.22. The first-order valence-electron chi connectivity index (χ1n) is 8.03. The Kier molecular flexibility index (Phi) is 4.55. The van der Waals surface area contributed by atoms with Crippen LogP contribution in [0, 0.1) is 0 Å². The minimum atomic E-state index is -0.681. The first kappa shape index (κ1) is 15.2. The van der Waals surface area contributed by atoms with E-state index in [1.165, 1.54) is 11.1 Å². The van der Waals surface area contributed by atoms with Gasteiger partial charge in [-0.15, -0.1) is 5.10 Å². The minimum absolute atomic E-state index is 0.523. The van der Waals surface area contributed by atoms with Crippen molar-refractivity contribution in [1.82, 2.24) is 19.9 Å². The first-order valence-corrected chi connectivity index (χ1v) is 8.03. The summed E-state index contributed by atoms with van der Waals surface area (Å²) in [5, 5.41) is 18.4. The summed E-state index contributed by atoms with van der Waals surface area (Å²) in [4.78, 5) is 2.34. The molecule has 5 nitrogen and oxygen atoms in total. The quantitative estimate of drug-likeness (QED) is 0.879. The standard InChI is InChI=1S/C17H24N4O/c1-2-15-3-5-16(6-4-15)7-10-20-11-8-17(22,13-20)14-21-12-9-18-19-21/h3-6,9,12,22H,2,7-8,10-11,13-14H2,1H3. The molecule has 2 heterocycles. The molecule has 1 fully saturated rings. The number of nitrogens with zero attached hydrogens (tertiary/aromatic N) is 4. The Morgan fingerprint density at radius 1 is 1.23 bits per heavy atom. The van der Waals surface area contributed by atoms with Crippen LogP contribution in [0.2, 0.25) is 0 Å². The maximum absolute atomic E-state index is 10.7. The molecule has 0 spiro atoms. The fraction of sp³-hybridized carbons (Fsp3) is 0.529. The number of rotatable bonds is 6. The second-order valence-electron chi connectivity index (χ2n) is 6.27. The van der Waals surface area contributed by atoms with E-state index >= 15 is 0 Å². The van der Waals surface area contributed by atoms with E-state index in [9.17, 15) is 5.11 Å². The molecule has 1 atom stereocenters. The number of aliphatic hydroxyl groups is 1. The normalized spacial score (nSPS) is 22.3. The zero-order valence-electron chi connectivity index (χ0n) is 13.1. The van der Waals surface area contributed by atoms with E-state index in [4.69, 9.17) is 0 Å². The van der Waals surface area contributed by atoms with E-state index in [-0.39, 0.29) is 0 Å². The highest BCUT2D eigenvalue weighted by Gasteiger charge is 2.36. The molecule has 3 rings (SSSR count). The number of β-amino-alcohol motifs (C(OH)–C–C–N with tert-alkyl or cyclic N) is 1. The number of aryl methyl sites for hydroxylation is 1. The maximum atomic E-state index is 10.7. The van der Waals surface area contributed by atoms with Crippen molar-refractivity contribution in [3.8, 4) is 0 Å². The van der Waals surface area contributed by atoms with Gasteiger partial charge in [0.2, 0.25) is 0 Å². The third-order valence-corrected chi connectivity index (χ3v) is 4.49. The van der Waals surface area contributed by atoms with Crippen LogP contribution in [0.15, 0.2) is 36.7 Å². The van der Waals surface area contributed by atoms with Crippen molar-refractivity contribution in [2.24, 2.45) is 0 Å². The Labute approximate surface area is 131 Å². The first-order chi connectivity index (χ1) is 10.7. The van der Waals surface area contributed by atoms with Crippen molar-refractivity contribution in [1.29, 1.82) is 0 Å². The molecule has 1 N–H and O–H groups in total. The van der Waals surface area contributed by atoms with Gasteiger partial charge < -0.3 is 5.11 Å². The number of benzene rings is 1. The van der Waals surface area contributed by atoms with Gasteiger partial charge in [0.05, 0.1) is 18.3 Å². The molecule has 2 aromatic rings. The molecular formula is C17H24N4O. The van der Waals surface area contributed by atoms with Crippen molar-refractivity contribution < 1.29 is 5.11 Å². The lowest BCUT2D eigenvalue weighted by Crippen LogP contribution is -2.38. The van der Waals surface area contributed by atoms with Crippen molar-refractivity contribution >= 4 is 0 Å². The summed E-state index contributed by atoms with van der Waals surface area (Å²) in [6.07, 6.45) is 6.36. The van der Waals surface area contributed by atoms with Gasteiger partial charge >= 0.3 is 0 Å². The molecule has 1 aromatic carbocycles. The smallest absolute Gasteiger partial charge is 0.0981 e. The van der Waals surface area contributed by atoms with Gasteiger partial charge in [-0.3, -0.25) is 4.90 Å². The lowest BCUT2D eigenvalue weighted by atomic mass is 10.0. The van der Waals surface area contributed by atoms with Gasteiger partial charge in [0.15, 0.2) is 0 Å². The van der Waals surface area contributed by atoms with Crippen LogP contribution in [0.4, 0.5) is 0 Å². The molecule has 1 aromatic heterocycles. The fourth-order valence-corrected chi connectivity index (χ4v) is 3.11. The van der Waals surface area contributed by atoms with Gasteiger partial charge in [0, 0.05) is 25.8 Å². The van der Waals surface area contributed by atoms with Gasteiger partial charge in [0.25, 0.3) is 0 Å². The summed E-state index contributed by atoms with van der Waals surface area (Å²) in [6.45, 7) is 5.34. The Balaban J connectivity index is 1.50. The van der Waals surface area contributed by atoms with E-state index in [1.807, 2.05) is 0 Å². The molecule has 0 bridgehead atoms. The lowest BCUT2D eigenvalue weighted by molar-refractivity contribution is 0.0283. The summed E-state index contributed by atoms with van der Waals surface area (Å²) in [5.41, 5.74) is 2.07. The predicted octanol–water partition coefficient (Wildman–Crippen LogP) is 1.52. The molecule has 1 aliphatic rings. The van der Waals surface area contributed by atoms with Crippen LogP contribution in [0.3, 0.4) is 0 Å². The lowest BCUT2D eigenvalue weighted by Gasteiger charge is -2.23. The molecule has 0 saturated carbocycles. The van der Waals surface area contributed by atoms with Crippen molar-refractivity contribution in [3.05, 3.63) is 47.8 Å². The zero-order chi connectivity index (χ0) is 15.4. The van der Waals surface area contributed by atoms with E-state index in [1.54, 1.807) is 17.1 Å². The van der Waals surface area contributed by atoms with E-state index < -0.39 is 5.60 Å². The number of hydrogen-bond donors (Lipinski definition) is 1. The molecule has 22 heavy (non-hydrogen) atoms. The van der Waals surface area contributed by atoms with Gasteiger partial charge in [-0.05, 0) is 30.4 Å². The van der Waals surface area contributed by atoms with Crippen LogP contribution in [-0.4, -0.2) is 50.2 Å². The molecule has 0 radical (unpaired) electrons. The largest absolute Gasteiger partial charge is 0.387 e. The maximum Gasteiger partial charge on any atom is 0.0981 e. The third kappa shape index (κ3) is 3.72. The zero-order valence-corrected chi connectivity index (χ0v) is 13.1. The van der Waals surface area contributed by atoms with Gasteiger partial charge in [-0.25, -0.2) is 4.68 Å². The summed E-state index contributed by atoms with van der Waals surface area (Å²) >= 11 is 0. The van der Waals surface area contributed by atoms with Crippen LogP contribution in [-0.2, 0) is 19.4 Å². The van der Waals surface area contributed by atoms with Gasteiger partial charge in [0.1, 0.15) is 0 Å². The van der Waals surface area contributed by atoms with Gasteiger partial charge in [-0.1, -0.05) is 36.4 Å². The average Bonchev–Trinajstić information content (AvgIpc) is 3.16. The van der Waals surface area contributed by atoms with Gasteiger partial charge in [-0.2, -0.15) is 0 Å². The predicted molar refractivity (Wildman–Crippen MR) is 85.6 cm³/mol. The highest BCUT2D eigenvalue weighted by Crippen LogP contribution is 2.23. The molecule has 1 aliphatic heterocycles. The fourth-order valence-electron chi connectivity index (χ4n) is 3.11. The minimum Gasteiger partial charge on any atom is -0.387 e. The van der Waals surface area contributed by atoms with Crippen LogP contribution < -0.4 is 0 Å². The summed E-state index contributed by atoms with van der Waals surface area (Å²) in [5.74, 6) is 0. The Morgan fingerprint density at radius 3 is 2.68 bits per heavy atom. The van der Waals surface area contributed by atoms with E-state index in [0.717, 1.165) is 32.4 Å². The second kappa shape index (κ2) is 6.58. The number of hydrogen-bond acceptors (Lipinski definition) is 4. The second-order valence-corrected chi connectivity index (χ2v) is 6.27. The monoisotopic (exact) mass is 300 g/mol. The Morgan fingerprint density at radius 2 is 2.00 bits per heavy atom. The van der Waals surface area contributed by atoms with Crippen molar-refractivity contribution in [3.63, 3.8) is 0 Å². The summed E-state index contributed by atoms with van der Waals surface area (Å²) in [7, 11) is 0. The molecule has 0 amide bonds. The summed E-state index contributed by atoms with van der Waals surface area (Å²) < 4.78 is 1.72. The molecule has 1 saturated heterocycles. The molecule has 0 aliphatic carbocycles. The average molecular weight is 300 g/mol. The molecule has 118 valence electrons. The van der Waals surface area contributed by atoms with Crippen LogP contribution in [0.25, 0.3) is 0 Å².